The summed E-state index contributed by atoms with van der Waals surface area (Å²) in [7, 11) is 5.95. The summed E-state index contributed by atoms with van der Waals surface area (Å²) in [5, 5.41) is 0. The number of amides is 1. The van der Waals surface area contributed by atoms with Crippen LogP contribution in [0.4, 0.5) is 5.69 Å². The summed E-state index contributed by atoms with van der Waals surface area (Å²) in [6.07, 6.45) is 2.22. The van der Waals surface area contributed by atoms with Crippen molar-refractivity contribution in [2.75, 3.05) is 45.7 Å². The van der Waals surface area contributed by atoms with Crippen LogP contribution in [0.25, 0.3) is 0 Å². The van der Waals surface area contributed by atoms with Crippen LogP contribution in [0.2, 0.25) is 0 Å². The third-order valence-electron chi connectivity index (χ3n) is 5.58. The summed E-state index contributed by atoms with van der Waals surface area (Å²) in [6.45, 7) is 4.73. The molecule has 3 rings (SSSR count). The minimum Gasteiger partial charge on any atom is -0.494 e. The first-order valence-electron chi connectivity index (χ1n) is 10.4. The normalized spacial score (nSPS) is 16.6. The monoisotopic (exact) mass is 395 g/mol. The van der Waals surface area contributed by atoms with E-state index < -0.39 is 0 Å². The second-order valence-electron chi connectivity index (χ2n) is 7.94. The zero-order valence-electron chi connectivity index (χ0n) is 18.1. The number of likely N-dealkylation sites (N-methyl/N-ethyl adjacent to an activating group) is 1. The van der Waals surface area contributed by atoms with Crippen LogP contribution in [0.1, 0.15) is 36.9 Å². The van der Waals surface area contributed by atoms with E-state index in [1.807, 2.05) is 45.1 Å². The number of anilines is 1. The predicted octanol–water partition coefficient (Wildman–Crippen LogP) is 3.95. The molecule has 0 radical (unpaired) electrons. The Morgan fingerprint density at radius 3 is 2.38 bits per heavy atom. The summed E-state index contributed by atoms with van der Waals surface area (Å²) in [5.41, 5.74) is 3.58. The highest BCUT2D eigenvalue weighted by molar-refractivity contribution is 5.78. The van der Waals surface area contributed by atoms with Gasteiger partial charge in [0, 0.05) is 39.4 Å². The van der Waals surface area contributed by atoms with E-state index in [4.69, 9.17) is 4.74 Å². The number of carbonyl (C=O) groups is 1. The number of rotatable bonds is 8. The van der Waals surface area contributed by atoms with Crippen molar-refractivity contribution in [2.24, 2.45) is 0 Å². The van der Waals surface area contributed by atoms with Crippen LogP contribution in [-0.2, 0) is 11.3 Å². The third kappa shape index (κ3) is 5.51. The molecule has 0 bridgehead atoms. The highest BCUT2D eigenvalue weighted by atomic mass is 16.5. The molecule has 1 atom stereocenters. The van der Waals surface area contributed by atoms with Gasteiger partial charge in [-0.25, -0.2) is 0 Å². The van der Waals surface area contributed by atoms with Crippen molar-refractivity contribution in [3.8, 4) is 5.75 Å². The lowest BCUT2D eigenvalue weighted by molar-refractivity contribution is -0.131. The Morgan fingerprint density at radius 2 is 1.76 bits per heavy atom. The zero-order valence-corrected chi connectivity index (χ0v) is 18.1. The van der Waals surface area contributed by atoms with Crippen LogP contribution in [0.5, 0.6) is 5.75 Å². The van der Waals surface area contributed by atoms with E-state index in [2.05, 4.69) is 46.2 Å². The van der Waals surface area contributed by atoms with E-state index in [0.717, 1.165) is 36.4 Å². The van der Waals surface area contributed by atoms with Crippen molar-refractivity contribution < 1.29 is 9.53 Å². The standard InChI is InChI=1S/C24H33N3O2/c1-5-29-22-14-10-20(11-15-22)23-7-6-16-27(23)18-24(28)26(4)17-19-8-12-21(13-9-19)25(2)3/h8-15,23H,5-7,16-18H2,1-4H3. The van der Waals surface area contributed by atoms with Gasteiger partial charge in [0.25, 0.3) is 0 Å². The minimum absolute atomic E-state index is 0.166. The predicted molar refractivity (Wildman–Crippen MR) is 118 cm³/mol. The first-order chi connectivity index (χ1) is 14.0. The van der Waals surface area contributed by atoms with E-state index in [0.29, 0.717) is 25.7 Å². The topological polar surface area (TPSA) is 36.0 Å². The fourth-order valence-electron chi connectivity index (χ4n) is 3.90. The summed E-state index contributed by atoms with van der Waals surface area (Å²) in [6, 6.07) is 17.0. The molecular weight excluding hydrogens is 362 g/mol. The maximum absolute atomic E-state index is 12.9. The highest BCUT2D eigenvalue weighted by Crippen LogP contribution is 2.32. The average molecular weight is 396 g/mol. The quantitative estimate of drug-likeness (QED) is 0.678. The first-order valence-corrected chi connectivity index (χ1v) is 10.4. The molecule has 5 heteroatoms. The molecule has 2 aromatic rings. The van der Waals surface area contributed by atoms with Crippen molar-refractivity contribution in [3.63, 3.8) is 0 Å². The van der Waals surface area contributed by atoms with Gasteiger partial charge in [-0.3, -0.25) is 9.69 Å². The molecule has 1 aliphatic heterocycles. The van der Waals surface area contributed by atoms with E-state index >= 15 is 0 Å². The molecule has 1 aliphatic rings. The number of benzene rings is 2. The van der Waals surface area contributed by atoms with Crippen molar-refractivity contribution in [1.29, 1.82) is 0 Å². The molecule has 2 aromatic carbocycles. The lowest BCUT2D eigenvalue weighted by atomic mass is 10.0. The molecule has 0 N–H and O–H groups in total. The van der Waals surface area contributed by atoms with Gasteiger partial charge in [-0.05, 0) is 61.7 Å². The Bertz CT molecular complexity index is 787. The van der Waals surface area contributed by atoms with Gasteiger partial charge >= 0.3 is 0 Å². The molecule has 1 heterocycles. The van der Waals surface area contributed by atoms with Crippen LogP contribution in [0.15, 0.2) is 48.5 Å². The molecule has 1 fully saturated rings. The van der Waals surface area contributed by atoms with Gasteiger partial charge in [0.1, 0.15) is 5.75 Å². The highest BCUT2D eigenvalue weighted by Gasteiger charge is 2.28. The van der Waals surface area contributed by atoms with E-state index in [1.54, 1.807) is 0 Å². The molecule has 156 valence electrons. The number of hydrogen-bond acceptors (Lipinski definition) is 4. The van der Waals surface area contributed by atoms with Gasteiger partial charge in [0.05, 0.1) is 13.2 Å². The van der Waals surface area contributed by atoms with Crippen LogP contribution in [0, 0.1) is 0 Å². The number of carbonyl (C=O) groups excluding carboxylic acids is 1. The summed E-state index contributed by atoms with van der Waals surface area (Å²) in [4.78, 5) is 19.1. The summed E-state index contributed by atoms with van der Waals surface area (Å²) >= 11 is 0. The van der Waals surface area contributed by atoms with Crippen molar-refractivity contribution >= 4 is 11.6 Å². The smallest absolute Gasteiger partial charge is 0.236 e. The molecule has 0 aromatic heterocycles. The summed E-state index contributed by atoms with van der Waals surface area (Å²) in [5.74, 6) is 1.07. The van der Waals surface area contributed by atoms with Crippen LogP contribution in [-0.4, -0.2) is 56.5 Å². The van der Waals surface area contributed by atoms with E-state index in [-0.39, 0.29) is 5.91 Å². The molecule has 0 saturated carbocycles. The zero-order chi connectivity index (χ0) is 20.8. The average Bonchev–Trinajstić information content (AvgIpc) is 3.17. The van der Waals surface area contributed by atoms with Gasteiger partial charge in [-0.15, -0.1) is 0 Å². The van der Waals surface area contributed by atoms with Gasteiger partial charge in [0.15, 0.2) is 0 Å². The Morgan fingerprint density at radius 1 is 1.07 bits per heavy atom. The van der Waals surface area contributed by atoms with Crippen LogP contribution in [0.3, 0.4) is 0 Å². The molecule has 29 heavy (non-hydrogen) atoms. The lowest BCUT2D eigenvalue weighted by Crippen LogP contribution is -2.37. The second-order valence-corrected chi connectivity index (χ2v) is 7.94. The molecule has 1 unspecified atom stereocenters. The molecule has 1 amide bonds. The molecular formula is C24H33N3O2. The number of ether oxygens (including phenoxy) is 1. The molecule has 1 saturated heterocycles. The molecule has 0 spiro atoms. The van der Waals surface area contributed by atoms with E-state index in [9.17, 15) is 4.79 Å². The minimum atomic E-state index is 0.166. The van der Waals surface area contributed by atoms with Gasteiger partial charge < -0.3 is 14.5 Å². The Labute approximate surface area is 174 Å². The van der Waals surface area contributed by atoms with Crippen molar-refractivity contribution in [1.82, 2.24) is 9.80 Å². The Hall–Kier alpha value is -2.53. The van der Waals surface area contributed by atoms with Gasteiger partial charge in [-0.1, -0.05) is 24.3 Å². The third-order valence-corrected chi connectivity index (χ3v) is 5.58. The largest absolute Gasteiger partial charge is 0.494 e. The fraction of sp³-hybridized carbons (Fsp3) is 0.458. The maximum atomic E-state index is 12.9. The van der Waals surface area contributed by atoms with Crippen LogP contribution < -0.4 is 9.64 Å². The summed E-state index contributed by atoms with van der Waals surface area (Å²) < 4.78 is 5.55. The SMILES string of the molecule is CCOc1ccc(C2CCCN2CC(=O)N(C)Cc2ccc(N(C)C)cc2)cc1. The van der Waals surface area contributed by atoms with Crippen molar-refractivity contribution in [2.45, 2.75) is 32.4 Å². The fourth-order valence-corrected chi connectivity index (χ4v) is 3.90. The van der Waals surface area contributed by atoms with E-state index in [1.165, 1.54) is 5.56 Å². The maximum Gasteiger partial charge on any atom is 0.236 e. The molecule has 5 nitrogen and oxygen atoms in total. The van der Waals surface area contributed by atoms with Crippen molar-refractivity contribution in [3.05, 3.63) is 59.7 Å². The van der Waals surface area contributed by atoms with Gasteiger partial charge in [0.2, 0.25) is 5.91 Å². The Balaban J connectivity index is 1.58. The number of hydrogen-bond donors (Lipinski definition) is 0. The second kappa shape index (κ2) is 9.79. The van der Waals surface area contributed by atoms with Crippen LogP contribution >= 0.6 is 0 Å². The Kier molecular flexibility index (Phi) is 7.15. The number of nitrogens with zero attached hydrogens (tertiary/aromatic N) is 3. The van der Waals surface area contributed by atoms with Gasteiger partial charge in [-0.2, -0.15) is 0 Å². The first kappa shape index (κ1) is 21.2. The lowest BCUT2D eigenvalue weighted by Gasteiger charge is -2.27. The number of likely N-dealkylation sites (tertiary alicyclic amines) is 1. The molecule has 0 aliphatic carbocycles.